The summed E-state index contributed by atoms with van der Waals surface area (Å²) >= 11 is 0. The van der Waals surface area contributed by atoms with Crippen molar-refractivity contribution in [2.24, 2.45) is 4.99 Å². The molecule has 4 nitrogen and oxygen atoms in total. The van der Waals surface area contributed by atoms with Crippen LogP contribution in [0.15, 0.2) is 77.8 Å². The topological polar surface area (TPSA) is 47.9 Å². The molecule has 0 amide bonds. The lowest BCUT2D eigenvalue weighted by Crippen LogP contribution is -2.08. The van der Waals surface area contributed by atoms with E-state index in [0.717, 1.165) is 23.4 Å². The van der Waals surface area contributed by atoms with Gasteiger partial charge < -0.3 is 9.47 Å². The average molecular weight is 556 g/mol. The van der Waals surface area contributed by atoms with Gasteiger partial charge in [-0.15, -0.1) is 0 Å². The predicted molar refractivity (Wildman–Crippen MR) is 172 cm³/mol. The molecule has 3 aromatic rings. The molecular formula is C37H49NO3. The van der Waals surface area contributed by atoms with E-state index in [-0.39, 0.29) is 5.97 Å². The first-order chi connectivity index (χ1) is 20.0. The van der Waals surface area contributed by atoms with Crippen LogP contribution < -0.4 is 9.47 Å². The van der Waals surface area contributed by atoms with Crippen molar-refractivity contribution in [3.8, 4) is 11.5 Å². The Kier molecular flexibility index (Phi) is 14.8. The maximum absolute atomic E-state index is 12.6. The number of esters is 1. The Labute approximate surface area is 248 Å². The highest BCUT2D eigenvalue weighted by molar-refractivity contribution is 5.91. The zero-order valence-electron chi connectivity index (χ0n) is 25.4. The summed E-state index contributed by atoms with van der Waals surface area (Å²) < 4.78 is 11.4. The molecule has 0 aliphatic rings. The molecular weight excluding hydrogens is 506 g/mol. The Morgan fingerprint density at radius 2 is 1.22 bits per heavy atom. The van der Waals surface area contributed by atoms with E-state index in [1.807, 2.05) is 42.6 Å². The Balaban J connectivity index is 1.29. The van der Waals surface area contributed by atoms with Crippen molar-refractivity contribution in [3.05, 3.63) is 89.5 Å². The van der Waals surface area contributed by atoms with Gasteiger partial charge in [0.25, 0.3) is 0 Å². The molecule has 0 radical (unpaired) electrons. The van der Waals surface area contributed by atoms with Crippen LogP contribution in [0.2, 0.25) is 0 Å². The number of nitrogens with zero attached hydrogens (tertiary/aromatic N) is 1. The number of rotatable bonds is 19. The maximum atomic E-state index is 12.6. The van der Waals surface area contributed by atoms with E-state index < -0.39 is 0 Å². The normalized spacial score (nSPS) is 11.3. The van der Waals surface area contributed by atoms with E-state index in [0.29, 0.717) is 23.8 Å². The molecule has 0 aromatic heterocycles. The first kappa shape index (κ1) is 32.1. The Morgan fingerprint density at radius 1 is 0.683 bits per heavy atom. The molecule has 3 aromatic carbocycles. The van der Waals surface area contributed by atoms with Gasteiger partial charge in [-0.25, -0.2) is 4.79 Å². The van der Waals surface area contributed by atoms with Crippen LogP contribution in [0.1, 0.15) is 125 Å². The molecule has 41 heavy (non-hydrogen) atoms. The second-order valence-electron chi connectivity index (χ2n) is 11.2. The highest BCUT2D eigenvalue weighted by Gasteiger charge is 2.09. The largest absolute Gasteiger partial charge is 0.494 e. The van der Waals surface area contributed by atoms with Gasteiger partial charge in [-0.3, -0.25) is 4.99 Å². The lowest BCUT2D eigenvalue weighted by atomic mass is 10.0. The summed E-state index contributed by atoms with van der Waals surface area (Å²) in [6.07, 6.45) is 17.8. The van der Waals surface area contributed by atoms with E-state index in [9.17, 15) is 4.79 Å². The average Bonchev–Trinajstić information content (AvgIpc) is 2.99. The van der Waals surface area contributed by atoms with Gasteiger partial charge in [0, 0.05) is 6.21 Å². The molecule has 0 saturated heterocycles. The molecule has 0 bridgehead atoms. The molecule has 0 N–H and O–H groups in total. The second-order valence-corrected chi connectivity index (χ2v) is 11.2. The molecule has 0 atom stereocenters. The van der Waals surface area contributed by atoms with Crippen molar-refractivity contribution < 1.29 is 14.3 Å². The number of carbonyl (C=O) groups is 1. The summed E-state index contributed by atoms with van der Waals surface area (Å²) in [5.41, 5.74) is 3.64. The Bertz CT molecular complexity index is 1150. The van der Waals surface area contributed by atoms with Crippen molar-refractivity contribution in [2.45, 2.75) is 104 Å². The summed E-state index contributed by atoms with van der Waals surface area (Å²) in [7, 11) is 0. The van der Waals surface area contributed by atoms with Gasteiger partial charge in [0.15, 0.2) is 0 Å². The molecule has 0 fully saturated rings. The maximum Gasteiger partial charge on any atom is 0.343 e. The summed E-state index contributed by atoms with van der Waals surface area (Å²) in [5, 5.41) is 0. The summed E-state index contributed by atoms with van der Waals surface area (Å²) in [6.45, 7) is 7.34. The minimum atomic E-state index is -0.385. The van der Waals surface area contributed by atoms with E-state index in [4.69, 9.17) is 9.47 Å². The van der Waals surface area contributed by atoms with Gasteiger partial charge in [-0.05, 0) is 84.1 Å². The first-order valence-corrected chi connectivity index (χ1v) is 15.7. The molecule has 0 aliphatic heterocycles. The molecule has 220 valence electrons. The third kappa shape index (κ3) is 12.8. The first-order valence-electron chi connectivity index (χ1n) is 15.7. The van der Waals surface area contributed by atoms with E-state index in [2.05, 4.69) is 37.9 Å². The fourth-order valence-corrected chi connectivity index (χ4v) is 4.70. The van der Waals surface area contributed by atoms with Crippen LogP contribution in [-0.4, -0.2) is 18.8 Å². The fraction of sp³-hybridized carbons (Fsp3) is 0.459. The quantitative estimate of drug-likeness (QED) is 0.0639. The van der Waals surface area contributed by atoms with Crippen molar-refractivity contribution >= 4 is 17.9 Å². The zero-order chi connectivity index (χ0) is 29.1. The van der Waals surface area contributed by atoms with Crippen LogP contribution in [0, 0.1) is 0 Å². The monoisotopic (exact) mass is 555 g/mol. The molecule has 0 heterocycles. The number of benzene rings is 3. The minimum absolute atomic E-state index is 0.385. The Hall–Kier alpha value is -3.40. The van der Waals surface area contributed by atoms with Crippen LogP contribution >= 0.6 is 0 Å². The molecule has 0 aliphatic carbocycles. The van der Waals surface area contributed by atoms with Crippen LogP contribution in [0.4, 0.5) is 5.69 Å². The third-order valence-electron chi connectivity index (χ3n) is 7.37. The molecule has 0 unspecified atom stereocenters. The zero-order valence-corrected chi connectivity index (χ0v) is 25.4. The standard InChI is InChI=1S/C37H49NO3/c1-4-5-6-7-8-9-10-11-12-13-14-15-28-40-35-26-20-33(21-27-35)37(39)41-36-24-16-31(17-25-36)29-38-34-22-18-32(19-23-34)30(2)3/h16-27,29-30H,4-15,28H2,1-3H3. The van der Waals surface area contributed by atoms with Crippen LogP contribution in [0.3, 0.4) is 0 Å². The third-order valence-corrected chi connectivity index (χ3v) is 7.37. The molecule has 4 heteroatoms. The lowest BCUT2D eigenvalue weighted by molar-refractivity contribution is 0.0734. The fourth-order valence-electron chi connectivity index (χ4n) is 4.70. The smallest absolute Gasteiger partial charge is 0.343 e. The van der Waals surface area contributed by atoms with Gasteiger partial charge in [0.2, 0.25) is 0 Å². The van der Waals surface area contributed by atoms with Gasteiger partial charge in [0.1, 0.15) is 11.5 Å². The minimum Gasteiger partial charge on any atom is -0.494 e. The van der Waals surface area contributed by atoms with Gasteiger partial charge in [-0.1, -0.05) is 104 Å². The number of carbonyl (C=O) groups excluding carboxylic acids is 1. The molecule has 0 saturated carbocycles. The molecule has 0 spiro atoms. The summed E-state index contributed by atoms with van der Waals surface area (Å²) in [4.78, 5) is 17.1. The van der Waals surface area contributed by atoms with Crippen LogP contribution in [0.5, 0.6) is 11.5 Å². The lowest BCUT2D eigenvalue weighted by Gasteiger charge is -2.08. The van der Waals surface area contributed by atoms with Crippen molar-refractivity contribution in [1.82, 2.24) is 0 Å². The van der Waals surface area contributed by atoms with Gasteiger partial charge in [0.05, 0.1) is 17.9 Å². The number of hydrogen-bond acceptors (Lipinski definition) is 4. The van der Waals surface area contributed by atoms with E-state index >= 15 is 0 Å². The van der Waals surface area contributed by atoms with Crippen molar-refractivity contribution in [2.75, 3.05) is 6.61 Å². The number of unbranched alkanes of at least 4 members (excludes halogenated alkanes) is 11. The van der Waals surface area contributed by atoms with Crippen molar-refractivity contribution in [3.63, 3.8) is 0 Å². The SMILES string of the molecule is CCCCCCCCCCCCCCOc1ccc(C(=O)Oc2ccc(C=Nc3ccc(C(C)C)cc3)cc2)cc1. The van der Waals surface area contributed by atoms with E-state index in [1.54, 1.807) is 24.3 Å². The second kappa shape index (κ2) is 18.9. The number of aliphatic imine (C=N–C) groups is 1. The van der Waals surface area contributed by atoms with Crippen LogP contribution in [-0.2, 0) is 0 Å². The van der Waals surface area contributed by atoms with Crippen LogP contribution in [0.25, 0.3) is 0 Å². The highest BCUT2D eigenvalue weighted by atomic mass is 16.5. The number of hydrogen-bond donors (Lipinski definition) is 0. The molecule has 3 rings (SSSR count). The van der Waals surface area contributed by atoms with Gasteiger partial charge >= 0.3 is 5.97 Å². The van der Waals surface area contributed by atoms with E-state index in [1.165, 1.54) is 76.2 Å². The van der Waals surface area contributed by atoms with Crippen molar-refractivity contribution in [1.29, 1.82) is 0 Å². The highest BCUT2D eigenvalue weighted by Crippen LogP contribution is 2.20. The van der Waals surface area contributed by atoms with Gasteiger partial charge in [-0.2, -0.15) is 0 Å². The predicted octanol–water partition coefficient (Wildman–Crippen LogP) is 10.9. The Morgan fingerprint density at radius 3 is 1.78 bits per heavy atom. The summed E-state index contributed by atoms with van der Waals surface area (Å²) in [5.74, 6) is 1.40. The number of ether oxygens (including phenoxy) is 2. The summed E-state index contributed by atoms with van der Waals surface area (Å²) in [6, 6.07) is 22.8.